The summed E-state index contributed by atoms with van der Waals surface area (Å²) in [6, 6.07) is 0.327. The van der Waals surface area contributed by atoms with Gasteiger partial charge in [0.2, 0.25) is 0 Å². The Hall–Kier alpha value is -0.300. The molecule has 88 valence electrons. The molecule has 0 aliphatic heterocycles. The van der Waals surface area contributed by atoms with Crippen molar-refractivity contribution >= 4 is 0 Å². The molecule has 0 saturated heterocycles. The van der Waals surface area contributed by atoms with Crippen LogP contribution in [0.2, 0.25) is 0 Å². The molecule has 1 aliphatic carbocycles. The van der Waals surface area contributed by atoms with Crippen LogP contribution >= 0.6 is 0 Å². The molecule has 0 aromatic carbocycles. The second-order valence-electron chi connectivity index (χ2n) is 5.81. The Morgan fingerprint density at radius 1 is 1.47 bits per heavy atom. The molecule has 2 N–H and O–H groups in total. The Morgan fingerprint density at radius 2 is 2.13 bits per heavy atom. The van der Waals surface area contributed by atoms with Crippen molar-refractivity contribution in [2.24, 2.45) is 17.1 Å². The van der Waals surface area contributed by atoms with Crippen molar-refractivity contribution in [2.75, 3.05) is 0 Å². The molecule has 0 spiro atoms. The first-order chi connectivity index (χ1) is 6.97. The molecule has 0 aromatic heterocycles. The average molecular weight is 209 g/mol. The van der Waals surface area contributed by atoms with Crippen molar-refractivity contribution < 1.29 is 0 Å². The SMILES string of the molecule is C=C(CC)CC(N)C1CCCCC1(C)C. The van der Waals surface area contributed by atoms with E-state index in [1.165, 1.54) is 31.3 Å². The van der Waals surface area contributed by atoms with E-state index in [-0.39, 0.29) is 0 Å². The number of rotatable bonds is 4. The van der Waals surface area contributed by atoms with Crippen molar-refractivity contribution in [2.45, 2.75) is 65.3 Å². The molecule has 0 bridgehead atoms. The first-order valence-electron chi connectivity index (χ1n) is 6.39. The van der Waals surface area contributed by atoms with Crippen molar-refractivity contribution in [3.63, 3.8) is 0 Å². The minimum absolute atomic E-state index is 0.327. The highest BCUT2D eigenvalue weighted by atomic mass is 14.7. The lowest BCUT2D eigenvalue weighted by Gasteiger charge is -2.42. The van der Waals surface area contributed by atoms with Gasteiger partial charge in [-0.05, 0) is 37.0 Å². The number of nitrogens with two attached hydrogens (primary N) is 1. The van der Waals surface area contributed by atoms with Gasteiger partial charge in [-0.3, -0.25) is 0 Å². The van der Waals surface area contributed by atoms with Gasteiger partial charge in [0, 0.05) is 6.04 Å². The molecule has 15 heavy (non-hydrogen) atoms. The second kappa shape index (κ2) is 5.16. The summed E-state index contributed by atoms with van der Waals surface area (Å²) in [5.41, 5.74) is 8.09. The molecule has 2 unspecified atom stereocenters. The molecular weight excluding hydrogens is 182 g/mol. The average Bonchev–Trinajstić information content (AvgIpc) is 2.16. The normalized spacial score (nSPS) is 27.3. The lowest BCUT2D eigenvalue weighted by molar-refractivity contribution is 0.112. The zero-order valence-electron chi connectivity index (χ0n) is 10.7. The van der Waals surface area contributed by atoms with Crippen molar-refractivity contribution in [1.82, 2.24) is 0 Å². The first kappa shape index (κ1) is 12.8. The fraction of sp³-hybridized carbons (Fsp3) is 0.857. The van der Waals surface area contributed by atoms with E-state index in [1.807, 2.05) is 0 Å². The van der Waals surface area contributed by atoms with Gasteiger partial charge in [-0.2, -0.15) is 0 Å². The maximum absolute atomic E-state index is 6.34. The first-order valence-corrected chi connectivity index (χ1v) is 6.39. The van der Waals surface area contributed by atoms with E-state index in [4.69, 9.17) is 5.73 Å². The summed E-state index contributed by atoms with van der Waals surface area (Å²) in [7, 11) is 0. The fourth-order valence-corrected chi connectivity index (χ4v) is 2.93. The predicted molar refractivity (Wildman–Crippen MR) is 67.8 cm³/mol. The summed E-state index contributed by atoms with van der Waals surface area (Å²) in [6.45, 7) is 11.0. The largest absolute Gasteiger partial charge is 0.327 e. The Labute approximate surface area is 95.1 Å². The van der Waals surface area contributed by atoms with Gasteiger partial charge < -0.3 is 5.73 Å². The summed E-state index contributed by atoms with van der Waals surface area (Å²) < 4.78 is 0. The standard InChI is InChI=1S/C14H27N/c1-5-11(2)10-13(15)12-8-6-7-9-14(12,3)4/h12-13H,2,5-10,15H2,1,3-4H3. The smallest absolute Gasteiger partial charge is 0.0109 e. The van der Waals surface area contributed by atoms with Gasteiger partial charge in [0.1, 0.15) is 0 Å². The monoisotopic (exact) mass is 209 g/mol. The van der Waals surface area contributed by atoms with Crippen LogP contribution in [0.5, 0.6) is 0 Å². The molecule has 1 saturated carbocycles. The van der Waals surface area contributed by atoms with E-state index in [0.29, 0.717) is 17.4 Å². The van der Waals surface area contributed by atoms with E-state index in [1.54, 1.807) is 0 Å². The zero-order chi connectivity index (χ0) is 11.5. The Bertz CT molecular complexity index is 217. The van der Waals surface area contributed by atoms with Crippen LogP contribution in [0.4, 0.5) is 0 Å². The van der Waals surface area contributed by atoms with E-state index in [9.17, 15) is 0 Å². The zero-order valence-corrected chi connectivity index (χ0v) is 10.7. The molecule has 0 aromatic rings. The Balaban J connectivity index is 2.56. The third-order valence-electron chi connectivity index (χ3n) is 4.13. The molecule has 0 heterocycles. The van der Waals surface area contributed by atoms with Gasteiger partial charge in [-0.1, -0.05) is 45.8 Å². The third-order valence-corrected chi connectivity index (χ3v) is 4.13. The summed E-state index contributed by atoms with van der Waals surface area (Å²) in [6.07, 6.45) is 7.48. The summed E-state index contributed by atoms with van der Waals surface area (Å²) in [5, 5.41) is 0. The maximum atomic E-state index is 6.34. The highest BCUT2D eigenvalue weighted by Crippen LogP contribution is 2.42. The molecule has 0 radical (unpaired) electrons. The lowest BCUT2D eigenvalue weighted by Crippen LogP contribution is -2.41. The van der Waals surface area contributed by atoms with Crippen LogP contribution in [-0.4, -0.2) is 6.04 Å². The fourth-order valence-electron chi connectivity index (χ4n) is 2.93. The van der Waals surface area contributed by atoms with E-state index < -0.39 is 0 Å². The topological polar surface area (TPSA) is 26.0 Å². The third kappa shape index (κ3) is 3.34. The number of hydrogen-bond acceptors (Lipinski definition) is 1. The molecule has 1 nitrogen and oxygen atoms in total. The van der Waals surface area contributed by atoms with Crippen molar-refractivity contribution in [3.8, 4) is 0 Å². The van der Waals surface area contributed by atoms with E-state index in [0.717, 1.165) is 12.8 Å². The minimum atomic E-state index is 0.327. The van der Waals surface area contributed by atoms with Gasteiger partial charge in [0.15, 0.2) is 0 Å². The van der Waals surface area contributed by atoms with Gasteiger partial charge in [-0.25, -0.2) is 0 Å². The molecule has 1 aliphatic rings. The Kier molecular flexibility index (Phi) is 4.39. The predicted octanol–water partition coefficient (Wildman–Crippen LogP) is 3.89. The Morgan fingerprint density at radius 3 is 2.67 bits per heavy atom. The molecular formula is C14H27N. The van der Waals surface area contributed by atoms with Crippen LogP contribution in [0.25, 0.3) is 0 Å². The van der Waals surface area contributed by atoms with Crippen LogP contribution in [0.1, 0.15) is 59.3 Å². The lowest BCUT2D eigenvalue weighted by atomic mass is 9.65. The van der Waals surface area contributed by atoms with Crippen molar-refractivity contribution in [1.29, 1.82) is 0 Å². The molecule has 1 rings (SSSR count). The maximum Gasteiger partial charge on any atom is 0.0109 e. The molecule has 1 heteroatoms. The quantitative estimate of drug-likeness (QED) is 0.698. The van der Waals surface area contributed by atoms with Crippen molar-refractivity contribution in [3.05, 3.63) is 12.2 Å². The minimum Gasteiger partial charge on any atom is -0.327 e. The van der Waals surface area contributed by atoms with Gasteiger partial charge in [-0.15, -0.1) is 0 Å². The second-order valence-corrected chi connectivity index (χ2v) is 5.81. The van der Waals surface area contributed by atoms with Crippen LogP contribution in [0, 0.1) is 11.3 Å². The molecule has 1 fully saturated rings. The number of hydrogen-bond donors (Lipinski definition) is 1. The molecule has 2 atom stereocenters. The van der Waals surface area contributed by atoms with E-state index in [2.05, 4.69) is 27.4 Å². The van der Waals surface area contributed by atoms with Gasteiger partial charge in [0.25, 0.3) is 0 Å². The van der Waals surface area contributed by atoms with E-state index >= 15 is 0 Å². The highest BCUT2D eigenvalue weighted by molar-refractivity contribution is 5.00. The van der Waals surface area contributed by atoms with Gasteiger partial charge in [0.05, 0.1) is 0 Å². The highest BCUT2D eigenvalue weighted by Gasteiger charge is 2.35. The molecule has 0 amide bonds. The summed E-state index contributed by atoms with van der Waals surface area (Å²) >= 11 is 0. The van der Waals surface area contributed by atoms with Crippen LogP contribution in [0.3, 0.4) is 0 Å². The van der Waals surface area contributed by atoms with Gasteiger partial charge >= 0.3 is 0 Å². The van der Waals surface area contributed by atoms with Crippen LogP contribution in [-0.2, 0) is 0 Å². The summed E-state index contributed by atoms with van der Waals surface area (Å²) in [4.78, 5) is 0. The van der Waals surface area contributed by atoms with Crippen LogP contribution < -0.4 is 5.73 Å². The van der Waals surface area contributed by atoms with Crippen LogP contribution in [0.15, 0.2) is 12.2 Å². The summed E-state index contributed by atoms with van der Waals surface area (Å²) in [5.74, 6) is 0.689.